The van der Waals surface area contributed by atoms with Crippen molar-refractivity contribution >= 4 is 12.1 Å². The highest BCUT2D eigenvalue weighted by molar-refractivity contribution is 5.75. The minimum absolute atomic E-state index is 0.0526. The van der Waals surface area contributed by atoms with Gasteiger partial charge in [0.15, 0.2) is 6.10 Å². The maximum Gasteiger partial charge on any atom is 0.407 e. The van der Waals surface area contributed by atoms with Gasteiger partial charge in [-0.05, 0) is 40.5 Å². The zero-order valence-electron chi connectivity index (χ0n) is 21.2. The van der Waals surface area contributed by atoms with E-state index in [1.54, 1.807) is 27.7 Å². The Morgan fingerprint density at radius 1 is 0.844 bits per heavy atom. The maximum absolute atomic E-state index is 12.2. The van der Waals surface area contributed by atoms with Gasteiger partial charge in [0.05, 0.1) is 12.7 Å². The van der Waals surface area contributed by atoms with Gasteiger partial charge < -0.3 is 25.0 Å². The fourth-order valence-corrected chi connectivity index (χ4v) is 3.58. The molecule has 0 aliphatic heterocycles. The monoisotopic (exact) mass is 459 g/mol. The predicted molar refractivity (Wildman–Crippen MR) is 127 cm³/mol. The van der Waals surface area contributed by atoms with Crippen LogP contribution in [0.25, 0.3) is 0 Å². The first-order chi connectivity index (χ1) is 15.1. The summed E-state index contributed by atoms with van der Waals surface area (Å²) in [6.07, 6.45) is 10.6. The molecule has 3 atom stereocenters. The van der Waals surface area contributed by atoms with Crippen molar-refractivity contribution in [3.05, 3.63) is 0 Å². The molecule has 1 amide bonds. The molecule has 0 aromatic heterocycles. The van der Waals surface area contributed by atoms with Gasteiger partial charge in [-0.25, -0.2) is 9.59 Å². The number of ether oxygens (including phenoxy) is 2. The molecule has 7 nitrogen and oxygen atoms in total. The molecule has 0 bridgehead atoms. The summed E-state index contributed by atoms with van der Waals surface area (Å²) >= 11 is 0. The number of unbranched alkanes of at least 4 members (excludes halogenated alkanes) is 10. The topological polar surface area (TPSA) is 105 Å². The molecule has 0 heterocycles. The third-order valence-electron chi connectivity index (χ3n) is 5.30. The van der Waals surface area contributed by atoms with Gasteiger partial charge in [0.1, 0.15) is 5.60 Å². The number of hydrogen-bond acceptors (Lipinski definition) is 6. The van der Waals surface area contributed by atoms with Gasteiger partial charge in [-0.15, -0.1) is 0 Å². The second-order valence-electron chi connectivity index (χ2n) is 9.67. The Morgan fingerprint density at radius 2 is 1.34 bits per heavy atom. The number of aliphatic hydroxyl groups excluding tert-OH is 2. The lowest BCUT2D eigenvalue weighted by Gasteiger charge is -2.26. The molecule has 0 aromatic carbocycles. The quantitative estimate of drug-likeness (QED) is 0.191. The van der Waals surface area contributed by atoms with E-state index in [0.29, 0.717) is 6.42 Å². The van der Waals surface area contributed by atoms with E-state index in [9.17, 15) is 19.8 Å². The molecule has 0 aliphatic carbocycles. The third-order valence-corrected chi connectivity index (χ3v) is 5.30. The second kappa shape index (κ2) is 18.1. The summed E-state index contributed by atoms with van der Waals surface area (Å²) in [5, 5.41) is 23.0. The van der Waals surface area contributed by atoms with E-state index in [1.807, 2.05) is 0 Å². The SMILES string of the molecule is CCCCCCCCCCCCC[C@H](C[C@@H](O)[C@H](O)C(=O)OCC)NC(=O)OC(C)(C)C. The standard InChI is InChI=1S/C25H49NO6/c1-6-8-9-10-11-12-13-14-15-16-17-18-20(26-24(30)32-25(3,4)5)19-21(27)22(28)23(29)31-7-2/h20-22,27-28H,6-19H2,1-5H3,(H,26,30)/t20-,21-,22+/m1/s1. The zero-order valence-corrected chi connectivity index (χ0v) is 21.2. The average molecular weight is 460 g/mol. The van der Waals surface area contributed by atoms with Crippen molar-refractivity contribution in [3.63, 3.8) is 0 Å². The number of rotatable bonds is 18. The van der Waals surface area contributed by atoms with Crippen molar-refractivity contribution in [1.82, 2.24) is 5.32 Å². The zero-order chi connectivity index (χ0) is 24.4. The summed E-state index contributed by atoms with van der Waals surface area (Å²) in [7, 11) is 0. The van der Waals surface area contributed by atoms with Gasteiger partial charge in [0.2, 0.25) is 0 Å². The van der Waals surface area contributed by atoms with Crippen molar-refractivity contribution in [1.29, 1.82) is 0 Å². The minimum atomic E-state index is -1.63. The lowest BCUT2D eigenvalue weighted by atomic mass is 9.98. The van der Waals surface area contributed by atoms with Crippen molar-refractivity contribution in [2.75, 3.05) is 6.61 Å². The van der Waals surface area contributed by atoms with Crippen LogP contribution in [-0.2, 0) is 14.3 Å². The molecule has 0 saturated heterocycles. The van der Waals surface area contributed by atoms with Crippen molar-refractivity contribution in [2.45, 2.75) is 142 Å². The predicted octanol–water partition coefficient (Wildman–Crippen LogP) is 5.26. The molecule has 0 aliphatic rings. The number of carbonyl (C=O) groups excluding carboxylic acids is 2. The van der Waals surface area contributed by atoms with Crippen LogP contribution in [0.3, 0.4) is 0 Å². The number of nitrogens with one attached hydrogen (secondary N) is 1. The van der Waals surface area contributed by atoms with Crippen LogP contribution in [0.15, 0.2) is 0 Å². The first-order valence-electron chi connectivity index (χ1n) is 12.6. The number of amides is 1. The Kier molecular flexibility index (Phi) is 17.4. The second-order valence-corrected chi connectivity index (χ2v) is 9.67. The van der Waals surface area contributed by atoms with Crippen molar-refractivity contribution in [2.24, 2.45) is 0 Å². The van der Waals surface area contributed by atoms with Crippen LogP contribution < -0.4 is 5.32 Å². The average Bonchev–Trinajstić information content (AvgIpc) is 2.69. The molecule has 0 rings (SSSR count). The molecule has 7 heteroatoms. The van der Waals surface area contributed by atoms with Crippen LogP contribution in [0.1, 0.15) is 118 Å². The van der Waals surface area contributed by atoms with Crippen LogP contribution >= 0.6 is 0 Å². The van der Waals surface area contributed by atoms with Crippen molar-refractivity contribution < 1.29 is 29.3 Å². The van der Waals surface area contributed by atoms with E-state index < -0.39 is 35.9 Å². The van der Waals surface area contributed by atoms with E-state index in [2.05, 4.69) is 12.2 Å². The van der Waals surface area contributed by atoms with Gasteiger partial charge in [-0.1, -0.05) is 77.6 Å². The highest BCUT2D eigenvalue weighted by Gasteiger charge is 2.29. The first-order valence-corrected chi connectivity index (χ1v) is 12.6. The molecule has 0 aromatic rings. The van der Waals surface area contributed by atoms with Crippen molar-refractivity contribution in [3.8, 4) is 0 Å². The molecule has 32 heavy (non-hydrogen) atoms. The lowest BCUT2D eigenvalue weighted by Crippen LogP contribution is -2.44. The molecule has 0 unspecified atom stereocenters. The highest BCUT2D eigenvalue weighted by Crippen LogP contribution is 2.16. The van der Waals surface area contributed by atoms with E-state index in [1.165, 1.54) is 51.4 Å². The van der Waals surface area contributed by atoms with E-state index in [-0.39, 0.29) is 13.0 Å². The molecular weight excluding hydrogens is 410 g/mol. The Bertz CT molecular complexity index is 491. The van der Waals surface area contributed by atoms with Crippen LogP contribution in [0.5, 0.6) is 0 Å². The third kappa shape index (κ3) is 17.2. The maximum atomic E-state index is 12.2. The minimum Gasteiger partial charge on any atom is -0.464 e. The van der Waals surface area contributed by atoms with Gasteiger partial charge in [0.25, 0.3) is 0 Å². The summed E-state index contributed by atoms with van der Waals surface area (Å²) in [5.41, 5.74) is -0.631. The Balaban J connectivity index is 4.39. The largest absolute Gasteiger partial charge is 0.464 e. The molecule has 190 valence electrons. The van der Waals surface area contributed by atoms with E-state index >= 15 is 0 Å². The molecule has 3 N–H and O–H groups in total. The van der Waals surface area contributed by atoms with Crippen LogP contribution in [0.4, 0.5) is 4.79 Å². The van der Waals surface area contributed by atoms with Gasteiger partial charge >= 0.3 is 12.1 Å². The summed E-state index contributed by atoms with van der Waals surface area (Å²) in [5.74, 6) is -0.856. The fourth-order valence-electron chi connectivity index (χ4n) is 3.58. The van der Waals surface area contributed by atoms with E-state index in [4.69, 9.17) is 9.47 Å². The summed E-state index contributed by atoms with van der Waals surface area (Å²) in [6.45, 7) is 9.34. The lowest BCUT2D eigenvalue weighted by molar-refractivity contribution is -0.159. The number of esters is 1. The Hall–Kier alpha value is -1.34. The summed E-state index contributed by atoms with van der Waals surface area (Å²) < 4.78 is 10.1. The van der Waals surface area contributed by atoms with Gasteiger partial charge in [-0.2, -0.15) is 0 Å². The summed E-state index contributed by atoms with van der Waals surface area (Å²) in [4.78, 5) is 23.9. The number of hydrogen-bond donors (Lipinski definition) is 3. The highest BCUT2D eigenvalue weighted by atomic mass is 16.6. The smallest absolute Gasteiger partial charge is 0.407 e. The number of carbonyl (C=O) groups is 2. The molecule has 0 fully saturated rings. The number of aliphatic hydroxyl groups is 2. The first kappa shape index (κ1) is 30.7. The van der Waals surface area contributed by atoms with Crippen LogP contribution in [0.2, 0.25) is 0 Å². The Morgan fingerprint density at radius 3 is 1.81 bits per heavy atom. The van der Waals surface area contributed by atoms with Gasteiger partial charge in [-0.3, -0.25) is 0 Å². The molecule has 0 spiro atoms. The normalized spacial score (nSPS) is 14.5. The van der Waals surface area contributed by atoms with Crippen LogP contribution in [-0.4, -0.2) is 52.7 Å². The van der Waals surface area contributed by atoms with E-state index in [0.717, 1.165) is 19.3 Å². The Labute approximate surface area is 195 Å². The van der Waals surface area contributed by atoms with Gasteiger partial charge in [0, 0.05) is 6.04 Å². The fraction of sp³-hybridized carbons (Fsp3) is 0.920. The summed E-state index contributed by atoms with van der Waals surface area (Å²) in [6, 6.07) is -0.400. The number of alkyl carbamates (subject to hydrolysis) is 1. The molecule has 0 radical (unpaired) electrons. The van der Waals surface area contributed by atoms with Crippen LogP contribution in [0, 0.1) is 0 Å². The molecular formula is C25H49NO6. The molecule has 0 saturated carbocycles.